The first-order valence-electron chi connectivity index (χ1n) is 8.04. The number of carbonyl (C=O) groups is 1. The molecule has 0 bridgehead atoms. The van der Waals surface area contributed by atoms with Gasteiger partial charge in [-0.05, 0) is 30.7 Å². The Morgan fingerprint density at radius 1 is 1.61 bits per heavy atom. The molecule has 23 heavy (non-hydrogen) atoms. The third-order valence-corrected chi connectivity index (χ3v) is 5.25. The number of aryl methyl sites for hydroxylation is 1. The SMILES string of the molecule is C[C@H](Cc1cccs1)C(=O)N[C@H]1CCO[C@@H](c2cncn2C)C1. The number of nitrogens with zero attached hydrogens (tertiary/aromatic N) is 2. The van der Waals surface area contributed by atoms with Gasteiger partial charge in [-0.1, -0.05) is 13.0 Å². The highest BCUT2D eigenvalue weighted by Crippen LogP contribution is 2.27. The fourth-order valence-corrected chi connectivity index (χ4v) is 3.81. The topological polar surface area (TPSA) is 56.1 Å². The zero-order chi connectivity index (χ0) is 16.2. The molecule has 0 saturated carbocycles. The molecule has 5 nitrogen and oxygen atoms in total. The third kappa shape index (κ3) is 4.00. The van der Waals surface area contributed by atoms with Crippen molar-refractivity contribution in [3.05, 3.63) is 40.6 Å². The molecule has 1 aliphatic heterocycles. The first-order valence-corrected chi connectivity index (χ1v) is 8.92. The third-order valence-electron chi connectivity index (χ3n) is 4.35. The molecule has 1 fully saturated rings. The highest BCUT2D eigenvalue weighted by molar-refractivity contribution is 7.09. The minimum absolute atomic E-state index is 0.00773. The number of carbonyl (C=O) groups excluding carboxylic acids is 1. The van der Waals surface area contributed by atoms with E-state index in [0.717, 1.165) is 25.0 Å². The molecule has 0 aromatic carbocycles. The summed E-state index contributed by atoms with van der Waals surface area (Å²) >= 11 is 1.71. The molecule has 2 aromatic rings. The lowest BCUT2D eigenvalue weighted by Gasteiger charge is -2.31. The van der Waals surface area contributed by atoms with Gasteiger partial charge in [0.1, 0.15) is 6.10 Å². The summed E-state index contributed by atoms with van der Waals surface area (Å²) in [5, 5.41) is 5.25. The van der Waals surface area contributed by atoms with Crippen molar-refractivity contribution in [2.45, 2.75) is 38.3 Å². The average Bonchev–Trinajstić information content (AvgIpc) is 3.19. The summed E-state index contributed by atoms with van der Waals surface area (Å²) in [6.07, 6.45) is 6.10. The number of imidazole rings is 1. The lowest BCUT2D eigenvalue weighted by atomic mass is 9.99. The molecule has 1 saturated heterocycles. The smallest absolute Gasteiger partial charge is 0.223 e. The molecule has 3 heterocycles. The Bertz CT molecular complexity index is 638. The Labute approximate surface area is 140 Å². The van der Waals surface area contributed by atoms with Crippen molar-refractivity contribution >= 4 is 17.2 Å². The molecular weight excluding hydrogens is 310 g/mol. The monoisotopic (exact) mass is 333 g/mol. The molecule has 124 valence electrons. The van der Waals surface area contributed by atoms with Crippen molar-refractivity contribution in [1.29, 1.82) is 0 Å². The number of thiophene rings is 1. The first kappa shape index (κ1) is 16.2. The summed E-state index contributed by atoms with van der Waals surface area (Å²) < 4.78 is 7.83. The van der Waals surface area contributed by atoms with E-state index in [2.05, 4.69) is 21.7 Å². The number of hydrogen-bond acceptors (Lipinski definition) is 4. The van der Waals surface area contributed by atoms with E-state index in [0.29, 0.717) is 6.61 Å². The highest BCUT2D eigenvalue weighted by atomic mass is 32.1. The summed E-state index contributed by atoms with van der Waals surface area (Å²) in [6.45, 7) is 2.66. The van der Waals surface area contributed by atoms with Crippen LogP contribution >= 0.6 is 11.3 Å². The maximum Gasteiger partial charge on any atom is 0.223 e. The van der Waals surface area contributed by atoms with Gasteiger partial charge >= 0.3 is 0 Å². The van der Waals surface area contributed by atoms with E-state index in [4.69, 9.17) is 4.74 Å². The van der Waals surface area contributed by atoms with E-state index in [-0.39, 0.29) is 24.0 Å². The first-order chi connectivity index (χ1) is 11.1. The van der Waals surface area contributed by atoms with Gasteiger partial charge in [-0.15, -0.1) is 11.3 Å². The second-order valence-corrected chi connectivity index (χ2v) is 7.24. The molecule has 0 spiro atoms. The van der Waals surface area contributed by atoms with Crippen molar-refractivity contribution in [2.75, 3.05) is 6.61 Å². The van der Waals surface area contributed by atoms with Crippen LogP contribution in [0.25, 0.3) is 0 Å². The summed E-state index contributed by atoms with van der Waals surface area (Å²) in [6, 6.07) is 4.28. The predicted octanol–water partition coefficient (Wildman–Crippen LogP) is 2.70. The van der Waals surface area contributed by atoms with Crippen LogP contribution in [0.1, 0.15) is 36.4 Å². The molecule has 0 radical (unpaired) electrons. The summed E-state index contributed by atoms with van der Waals surface area (Å²) in [4.78, 5) is 17.8. The molecule has 2 aromatic heterocycles. The largest absolute Gasteiger partial charge is 0.372 e. The van der Waals surface area contributed by atoms with Crippen LogP contribution in [0, 0.1) is 5.92 Å². The van der Waals surface area contributed by atoms with Gasteiger partial charge in [-0.25, -0.2) is 4.98 Å². The molecule has 3 atom stereocenters. The van der Waals surface area contributed by atoms with Crippen LogP contribution in [0.5, 0.6) is 0 Å². The van der Waals surface area contributed by atoms with E-state index >= 15 is 0 Å². The standard InChI is InChI=1S/C17H23N3O2S/c1-12(8-14-4-3-7-23-14)17(21)19-13-5-6-22-16(9-13)15-10-18-11-20(15)2/h3-4,7,10-13,16H,5-6,8-9H2,1-2H3,(H,19,21)/t12-,13+,16-/m1/s1. The summed E-state index contributed by atoms with van der Waals surface area (Å²) in [5.41, 5.74) is 1.07. The molecular formula is C17H23N3O2S. The Hall–Kier alpha value is -1.66. The fourth-order valence-electron chi connectivity index (χ4n) is 2.98. The van der Waals surface area contributed by atoms with E-state index < -0.39 is 0 Å². The van der Waals surface area contributed by atoms with Gasteiger partial charge < -0.3 is 14.6 Å². The maximum absolute atomic E-state index is 12.4. The van der Waals surface area contributed by atoms with Crippen LogP contribution in [0.2, 0.25) is 0 Å². The number of aromatic nitrogens is 2. The van der Waals surface area contributed by atoms with E-state index in [1.165, 1.54) is 4.88 Å². The van der Waals surface area contributed by atoms with E-state index in [1.54, 1.807) is 17.7 Å². The van der Waals surface area contributed by atoms with Gasteiger partial charge in [0, 0.05) is 30.5 Å². The average molecular weight is 333 g/mol. The molecule has 1 aliphatic rings. The second-order valence-electron chi connectivity index (χ2n) is 6.20. The minimum Gasteiger partial charge on any atom is -0.372 e. The number of ether oxygens (including phenoxy) is 1. The van der Waals surface area contributed by atoms with Crippen LogP contribution in [0.15, 0.2) is 30.0 Å². The van der Waals surface area contributed by atoms with Gasteiger partial charge in [-0.2, -0.15) is 0 Å². The van der Waals surface area contributed by atoms with Gasteiger partial charge in [-0.3, -0.25) is 4.79 Å². The van der Waals surface area contributed by atoms with Crippen LogP contribution in [-0.2, 0) is 23.0 Å². The zero-order valence-corrected chi connectivity index (χ0v) is 14.4. The highest BCUT2D eigenvalue weighted by Gasteiger charge is 2.27. The summed E-state index contributed by atoms with van der Waals surface area (Å²) in [5.74, 6) is 0.126. The number of nitrogens with one attached hydrogen (secondary N) is 1. The van der Waals surface area contributed by atoms with Crippen molar-refractivity contribution in [2.24, 2.45) is 13.0 Å². The lowest BCUT2D eigenvalue weighted by molar-refractivity contribution is -0.126. The minimum atomic E-state index is -0.00773. The number of hydrogen-bond donors (Lipinski definition) is 1. The maximum atomic E-state index is 12.4. The molecule has 1 N–H and O–H groups in total. The molecule has 3 rings (SSSR count). The molecule has 0 unspecified atom stereocenters. The van der Waals surface area contributed by atoms with Crippen LogP contribution in [-0.4, -0.2) is 28.1 Å². The van der Waals surface area contributed by atoms with E-state index in [1.807, 2.05) is 30.8 Å². The summed E-state index contributed by atoms with van der Waals surface area (Å²) in [7, 11) is 1.97. The van der Waals surface area contributed by atoms with Crippen molar-refractivity contribution in [1.82, 2.24) is 14.9 Å². The Morgan fingerprint density at radius 2 is 2.48 bits per heavy atom. The van der Waals surface area contributed by atoms with Crippen LogP contribution in [0.3, 0.4) is 0 Å². The Kier molecular flexibility index (Phi) is 5.13. The van der Waals surface area contributed by atoms with Crippen LogP contribution in [0.4, 0.5) is 0 Å². The normalized spacial score (nSPS) is 22.7. The van der Waals surface area contributed by atoms with Gasteiger partial charge in [0.25, 0.3) is 0 Å². The van der Waals surface area contributed by atoms with Crippen molar-refractivity contribution in [3.63, 3.8) is 0 Å². The van der Waals surface area contributed by atoms with Crippen molar-refractivity contribution < 1.29 is 9.53 Å². The number of amides is 1. The zero-order valence-electron chi connectivity index (χ0n) is 13.6. The quantitative estimate of drug-likeness (QED) is 0.915. The molecule has 6 heteroatoms. The second kappa shape index (κ2) is 7.27. The molecule has 0 aliphatic carbocycles. The van der Waals surface area contributed by atoms with Crippen molar-refractivity contribution in [3.8, 4) is 0 Å². The lowest BCUT2D eigenvalue weighted by Crippen LogP contribution is -2.42. The van der Waals surface area contributed by atoms with Crippen LogP contribution < -0.4 is 5.32 Å². The number of rotatable bonds is 5. The fraction of sp³-hybridized carbons (Fsp3) is 0.529. The van der Waals surface area contributed by atoms with E-state index in [9.17, 15) is 4.79 Å². The predicted molar refractivity (Wildman–Crippen MR) is 90.3 cm³/mol. The van der Waals surface area contributed by atoms with Gasteiger partial charge in [0.05, 0.1) is 18.2 Å². The Balaban J connectivity index is 1.55. The van der Waals surface area contributed by atoms with Gasteiger partial charge in [0.2, 0.25) is 5.91 Å². The molecule has 1 amide bonds. The van der Waals surface area contributed by atoms with Gasteiger partial charge in [0.15, 0.2) is 0 Å². The Morgan fingerprint density at radius 3 is 3.17 bits per heavy atom.